The van der Waals surface area contributed by atoms with Crippen LogP contribution in [0.1, 0.15) is 21.8 Å². The molecule has 3 aromatic rings. The predicted octanol–water partition coefficient (Wildman–Crippen LogP) is 3.16. The van der Waals surface area contributed by atoms with Gasteiger partial charge in [-0.25, -0.2) is 15.0 Å². The van der Waals surface area contributed by atoms with Crippen molar-refractivity contribution >= 4 is 27.4 Å². The minimum Gasteiger partial charge on any atom is -0.481 e. The van der Waals surface area contributed by atoms with Gasteiger partial charge >= 0.3 is 0 Å². The van der Waals surface area contributed by atoms with Gasteiger partial charge in [0.15, 0.2) is 0 Å². The van der Waals surface area contributed by atoms with Crippen LogP contribution < -0.4 is 10.1 Å². The number of hydrogen-bond donors (Lipinski definition) is 1. The molecule has 0 unspecified atom stereocenters. The number of ether oxygens (including phenoxy) is 2. The average Bonchev–Trinajstić information content (AvgIpc) is 3.01. The second-order valence-electron chi connectivity index (χ2n) is 6.90. The van der Waals surface area contributed by atoms with Crippen molar-refractivity contribution < 1.29 is 9.47 Å². The number of pyridine rings is 1. The van der Waals surface area contributed by atoms with Crippen LogP contribution in [0.25, 0.3) is 10.2 Å². The van der Waals surface area contributed by atoms with Crippen LogP contribution >= 0.6 is 11.3 Å². The topological polar surface area (TPSA) is 72.4 Å². The van der Waals surface area contributed by atoms with Crippen molar-refractivity contribution in [3.8, 4) is 5.88 Å². The zero-order valence-corrected chi connectivity index (χ0v) is 17.3. The Labute approximate surface area is 168 Å². The highest BCUT2D eigenvalue weighted by Crippen LogP contribution is 2.33. The molecule has 1 aliphatic heterocycles. The van der Waals surface area contributed by atoms with Crippen LogP contribution in [0.5, 0.6) is 5.88 Å². The van der Waals surface area contributed by atoms with Crippen LogP contribution in [0, 0.1) is 13.8 Å². The predicted molar refractivity (Wildman–Crippen MR) is 111 cm³/mol. The average molecular weight is 400 g/mol. The van der Waals surface area contributed by atoms with Gasteiger partial charge in [-0.2, -0.15) is 0 Å². The quantitative estimate of drug-likeness (QED) is 0.683. The lowest BCUT2D eigenvalue weighted by atomic mass is 10.2. The number of aryl methyl sites for hydroxylation is 2. The number of thiophene rings is 1. The number of hydrogen-bond acceptors (Lipinski definition) is 8. The van der Waals surface area contributed by atoms with E-state index < -0.39 is 0 Å². The molecule has 7 nitrogen and oxygen atoms in total. The third-order valence-electron chi connectivity index (χ3n) is 5.01. The summed E-state index contributed by atoms with van der Waals surface area (Å²) >= 11 is 1.73. The maximum atomic E-state index is 5.45. The van der Waals surface area contributed by atoms with Gasteiger partial charge < -0.3 is 14.8 Å². The van der Waals surface area contributed by atoms with E-state index >= 15 is 0 Å². The van der Waals surface area contributed by atoms with Gasteiger partial charge in [0.1, 0.15) is 16.5 Å². The van der Waals surface area contributed by atoms with Crippen LogP contribution in [0.3, 0.4) is 0 Å². The van der Waals surface area contributed by atoms with Gasteiger partial charge in [0.25, 0.3) is 0 Å². The van der Waals surface area contributed by atoms with E-state index in [-0.39, 0.29) is 0 Å². The minimum absolute atomic E-state index is 0.616. The van der Waals surface area contributed by atoms with E-state index in [0.29, 0.717) is 12.4 Å². The Morgan fingerprint density at radius 3 is 2.75 bits per heavy atom. The van der Waals surface area contributed by atoms with Gasteiger partial charge in [0, 0.05) is 36.8 Å². The van der Waals surface area contributed by atoms with E-state index in [1.165, 1.54) is 10.4 Å². The van der Waals surface area contributed by atoms with E-state index in [0.717, 1.165) is 60.3 Å². The van der Waals surface area contributed by atoms with Crippen LogP contribution in [-0.2, 0) is 17.8 Å². The van der Waals surface area contributed by atoms with E-state index in [1.807, 2.05) is 18.3 Å². The molecule has 0 aromatic carbocycles. The number of nitrogens with one attached hydrogen (secondary N) is 1. The highest BCUT2D eigenvalue weighted by atomic mass is 32.1. The Kier molecular flexibility index (Phi) is 5.70. The Morgan fingerprint density at radius 1 is 1.21 bits per heavy atom. The van der Waals surface area contributed by atoms with Crippen molar-refractivity contribution in [1.82, 2.24) is 19.9 Å². The summed E-state index contributed by atoms with van der Waals surface area (Å²) < 4.78 is 10.6. The largest absolute Gasteiger partial charge is 0.481 e. The molecule has 0 radical (unpaired) electrons. The Morgan fingerprint density at radius 2 is 2.04 bits per heavy atom. The first-order valence-corrected chi connectivity index (χ1v) is 10.2. The van der Waals surface area contributed by atoms with Gasteiger partial charge in [0.2, 0.25) is 5.88 Å². The molecule has 1 fully saturated rings. The summed E-state index contributed by atoms with van der Waals surface area (Å²) in [6.07, 6.45) is 1.82. The number of morpholine rings is 1. The summed E-state index contributed by atoms with van der Waals surface area (Å²) in [6.45, 7) is 9.06. The van der Waals surface area contributed by atoms with Gasteiger partial charge in [-0.15, -0.1) is 11.3 Å². The minimum atomic E-state index is 0.616. The van der Waals surface area contributed by atoms with Crippen molar-refractivity contribution in [2.45, 2.75) is 26.9 Å². The van der Waals surface area contributed by atoms with Crippen molar-refractivity contribution in [3.05, 3.63) is 40.2 Å². The fourth-order valence-electron chi connectivity index (χ4n) is 3.27. The first-order valence-electron chi connectivity index (χ1n) is 9.43. The molecule has 0 spiro atoms. The summed E-state index contributed by atoms with van der Waals surface area (Å²) in [7, 11) is 1.62. The summed E-state index contributed by atoms with van der Waals surface area (Å²) in [5.74, 6) is 2.36. The molecule has 3 aromatic heterocycles. The fraction of sp³-hybridized carbons (Fsp3) is 0.450. The number of rotatable bonds is 6. The van der Waals surface area contributed by atoms with Gasteiger partial charge in [0.05, 0.1) is 32.3 Å². The molecule has 148 valence electrons. The van der Waals surface area contributed by atoms with Crippen LogP contribution in [0.2, 0.25) is 0 Å². The maximum absolute atomic E-state index is 5.45. The third-order valence-corrected chi connectivity index (χ3v) is 6.11. The zero-order chi connectivity index (χ0) is 19.5. The molecule has 0 aliphatic carbocycles. The molecule has 28 heavy (non-hydrogen) atoms. The molecule has 1 aliphatic rings. The number of aromatic nitrogens is 3. The lowest BCUT2D eigenvalue weighted by Crippen LogP contribution is -2.36. The second kappa shape index (κ2) is 8.38. The Hall–Kier alpha value is -2.29. The molecule has 1 N–H and O–H groups in total. The van der Waals surface area contributed by atoms with E-state index in [9.17, 15) is 0 Å². The monoisotopic (exact) mass is 399 g/mol. The van der Waals surface area contributed by atoms with Gasteiger partial charge in [-0.05, 0) is 25.0 Å². The normalized spacial score (nSPS) is 15.1. The lowest BCUT2D eigenvalue weighted by molar-refractivity contribution is 0.0331. The van der Waals surface area contributed by atoms with E-state index in [4.69, 9.17) is 19.4 Å². The molecular weight excluding hydrogens is 374 g/mol. The molecular formula is C20H25N5O2S. The van der Waals surface area contributed by atoms with Crippen LogP contribution in [0.4, 0.5) is 5.82 Å². The standard InChI is InChI=1S/C20H25N5O2S/c1-13-14(2)28-20-18(13)19(22-11-15-4-5-17(26-3)21-10-15)23-16(24-20)12-25-6-8-27-9-7-25/h4-5,10H,6-9,11-12H2,1-3H3,(H,22,23,24). The first kappa shape index (κ1) is 19.0. The number of anilines is 1. The molecule has 1 saturated heterocycles. The van der Waals surface area contributed by atoms with E-state index in [2.05, 4.69) is 29.0 Å². The SMILES string of the molecule is COc1ccc(CNc2nc(CN3CCOCC3)nc3sc(C)c(C)c23)cn1. The van der Waals surface area contributed by atoms with Crippen LogP contribution in [0.15, 0.2) is 18.3 Å². The number of nitrogens with zero attached hydrogens (tertiary/aromatic N) is 4. The molecule has 0 saturated carbocycles. The lowest BCUT2D eigenvalue weighted by Gasteiger charge is -2.25. The number of fused-ring (bicyclic) bond motifs is 1. The summed E-state index contributed by atoms with van der Waals surface area (Å²) in [4.78, 5) is 18.7. The third kappa shape index (κ3) is 4.09. The number of methoxy groups -OCH3 is 1. The molecule has 4 rings (SSSR count). The Bertz CT molecular complexity index is 951. The highest BCUT2D eigenvalue weighted by molar-refractivity contribution is 7.18. The molecule has 0 amide bonds. The van der Waals surface area contributed by atoms with Gasteiger partial charge in [-0.1, -0.05) is 6.07 Å². The molecule has 0 atom stereocenters. The maximum Gasteiger partial charge on any atom is 0.212 e. The second-order valence-corrected chi connectivity index (χ2v) is 8.11. The zero-order valence-electron chi connectivity index (χ0n) is 16.5. The highest BCUT2D eigenvalue weighted by Gasteiger charge is 2.17. The van der Waals surface area contributed by atoms with Crippen molar-refractivity contribution in [2.24, 2.45) is 0 Å². The Balaban J connectivity index is 1.60. The van der Waals surface area contributed by atoms with Crippen LogP contribution in [-0.4, -0.2) is 53.3 Å². The van der Waals surface area contributed by atoms with Crippen molar-refractivity contribution in [2.75, 3.05) is 38.7 Å². The molecule has 0 bridgehead atoms. The molecule has 4 heterocycles. The van der Waals surface area contributed by atoms with E-state index in [1.54, 1.807) is 18.4 Å². The van der Waals surface area contributed by atoms with Crippen molar-refractivity contribution in [3.63, 3.8) is 0 Å². The fourth-order valence-corrected chi connectivity index (χ4v) is 4.32. The molecule has 8 heteroatoms. The first-order chi connectivity index (χ1) is 13.6. The van der Waals surface area contributed by atoms with Crippen molar-refractivity contribution in [1.29, 1.82) is 0 Å². The smallest absolute Gasteiger partial charge is 0.212 e. The summed E-state index contributed by atoms with van der Waals surface area (Å²) in [5, 5.41) is 4.62. The summed E-state index contributed by atoms with van der Waals surface area (Å²) in [6, 6.07) is 3.88. The summed E-state index contributed by atoms with van der Waals surface area (Å²) in [5.41, 5.74) is 2.32. The van der Waals surface area contributed by atoms with Gasteiger partial charge in [-0.3, -0.25) is 4.90 Å².